The van der Waals surface area contributed by atoms with E-state index in [4.69, 9.17) is 5.73 Å². The van der Waals surface area contributed by atoms with Crippen molar-refractivity contribution in [3.05, 3.63) is 28.4 Å². The Morgan fingerprint density at radius 2 is 2.44 bits per heavy atom. The molecule has 0 spiro atoms. The lowest BCUT2D eigenvalue weighted by Gasteiger charge is -2.07. The molecular formula is C9H11N3O4S2. The molecule has 9 heteroatoms. The van der Waals surface area contributed by atoms with E-state index >= 15 is 0 Å². The highest BCUT2D eigenvalue weighted by Crippen LogP contribution is 2.35. The zero-order chi connectivity index (χ0) is 13.5. The molecule has 0 saturated carbocycles. The summed E-state index contributed by atoms with van der Waals surface area (Å²) in [5, 5.41) is 11.0. The second-order valence-electron chi connectivity index (χ2n) is 3.08. The Hall–Kier alpha value is -1.32. The molecule has 1 aromatic heterocycles. The summed E-state index contributed by atoms with van der Waals surface area (Å²) in [4.78, 5) is 25.2. The van der Waals surface area contributed by atoms with Crippen molar-refractivity contribution in [2.75, 3.05) is 12.9 Å². The Bertz CT molecular complexity index is 444. The number of hydrogen-bond donors (Lipinski definition) is 1. The second-order valence-corrected chi connectivity index (χ2v) is 5.41. The number of nitrogens with zero attached hydrogens (tertiary/aromatic N) is 2. The summed E-state index contributed by atoms with van der Waals surface area (Å²) >= 11 is 0. The quantitative estimate of drug-likeness (QED) is 0.360. The molecule has 1 rings (SSSR count). The molecule has 0 saturated heterocycles. The van der Waals surface area contributed by atoms with Crippen molar-refractivity contribution < 1.29 is 14.5 Å². The molecule has 1 heterocycles. The molecular weight excluding hydrogens is 278 g/mol. The van der Waals surface area contributed by atoms with Gasteiger partial charge in [-0.1, -0.05) is 10.8 Å². The molecule has 0 aliphatic heterocycles. The summed E-state index contributed by atoms with van der Waals surface area (Å²) in [6, 6.07) is 2.11. The molecule has 0 unspecified atom stereocenters. The van der Waals surface area contributed by atoms with Crippen molar-refractivity contribution in [1.29, 1.82) is 0 Å². The lowest BCUT2D eigenvalue weighted by atomic mass is 10.4. The first-order chi connectivity index (χ1) is 8.56. The molecule has 2 N–H and O–H groups in total. The lowest BCUT2D eigenvalue weighted by Crippen LogP contribution is -2.33. The molecule has 0 bridgehead atoms. The monoisotopic (exact) mass is 289 g/mol. The number of ether oxygens (including phenoxy) is 1. The van der Waals surface area contributed by atoms with Gasteiger partial charge in [-0.25, -0.2) is 4.98 Å². The number of carbonyl (C=O) groups excluding carboxylic acids is 1. The van der Waals surface area contributed by atoms with Crippen molar-refractivity contribution in [2.24, 2.45) is 5.73 Å². The van der Waals surface area contributed by atoms with Gasteiger partial charge in [0.2, 0.25) is 0 Å². The summed E-state index contributed by atoms with van der Waals surface area (Å²) in [7, 11) is 3.57. The lowest BCUT2D eigenvalue weighted by molar-refractivity contribution is -0.388. The third-order valence-electron chi connectivity index (χ3n) is 1.84. The van der Waals surface area contributed by atoms with Crippen LogP contribution in [0.25, 0.3) is 0 Å². The van der Waals surface area contributed by atoms with Gasteiger partial charge in [0.05, 0.1) is 12.0 Å². The Kier molecular flexibility index (Phi) is 5.89. The van der Waals surface area contributed by atoms with Crippen LogP contribution in [0.3, 0.4) is 0 Å². The third kappa shape index (κ3) is 4.17. The van der Waals surface area contributed by atoms with Gasteiger partial charge < -0.3 is 10.5 Å². The van der Waals surface area contributed by atoms with E-state index in [0.29, 0.717) is 0 Å². The van der Waals surface area contributed by atoms with Crippen LogP contribution >= 0.6 is 21.6 Å². The van der Waals surface area contributed by atoms with E-state index in [0.717, 1.165) is 10.8 Å². The molecule has 1 atom stereocenters. The van der Waals surface area contributed by atoms with Gasteiger partial charge >= 0.3 is 11.7 Å². The van der Waals surface area contributed by atoms with Gasteiger partial charge in [-0.3, -0.25) is 14.9 Å². The largest absolute Gasteiger partial charge is 0.468 e. The zero-order valence-corrected chi connectivity index (χ0v) is 11.1. The van der Waals surface area contributed by atoms with Crippen LogP contribution in [-0.2, 0) is 9.53 Å². The predicted molar refractivity (Wildman–Crippen MR) is 69.2 cm³/mol. The molecule has 18 heavy (non-hydrogen) atoms. The van der Waals surface area contributed by atoms with Gasteiger partial charge in [0.25, 0.3) is 0 Å². The Morgan fingerprint density at radius 3 is 3.06 bits per heavy atom. The van der Waals surface area contributed by atoms with Crippen LogP contribution < -0.4 is 5.73 Å². The van der Waals surface area contributed by atoms with Crippen LogP contribution in [0, 0.1) is 10.1 Å². The zero-order valence-electron chi connectivity index (χ0n) is 9.44. The minimum absolute atomic E-state index is 0.0679. The molecule has 0 fully saturated rings. The van der Waals surface area contributed by atoms with E-state index in [1.807, 2.05) is 0 Å². The van der Waals surface area contributed by atoms with E-state index < -0.39 is 16.9 Å². The topological polar surface area (TPSA) is 108 Å². The van der Waals surface area contributed by atoms with E-state index in [-0.39, 0.29) is 16.5 Å². The third-order valence-corrected chi connectivity index (χ3v) is 4.16. The van der Waals surface area contributed by atoms with Gasteiger partial charge in [0, 0.05) is 18.0 Å². The van der Waals surface area contributed by atoms with Gasteiger partial charge in [-0.05, 0) is 16.9 Å². The number of methoxy groups -OCH3 is 1. The number of aromatic nitrogens is 1. The fourth-order valence-corrected chi connectivity index (χ4v) is 3.13. The second kappa shape index (κ2) is 7.19. The maximum Gasteiger partial charge on any atom is 0.323 e. The van der Waals surface area contributed by atoms with Crippen molar-refractivity contribution in [1.82, 2.24) is 4.98 Å². The first kappa shape index (κ1) is 14.7. The molecule has 98 valence electrons. The summed E-state index contributed by atoms with van der Waals surface area (Å²) in [6.45, 7) is 0. The number of nitro groups is 1. The molecule has 0 aliphatic rings. The standard InChI is InChI=1S/C9H11N3O4S2/c1-16-9(13)6(10)5-17-18-8-7(12(14)15)3-2-4-11-8/h2-4,6H,5,10H2,1H3/t6-/m0/s1. The van der Waals surface area contributed by atoms with Crippen molar-refractivity contribution >= 4 is 33.2 Å². The molecule has 0 radical (unpaired) electrons. The van der Waals surface area contributed by atoms with E-state index in [1.54, 1.807) is 0 Å². The van der Waals surface area contributed by atoms with E-state index in [1.165, 1.54) is 36.2 Å². The minimum atomic E-state index is -0.754. The first-order valence-corrected chi connectivity index (χ1v) is 7.10. The summed E-state index contributed by atoms with van der Waals surface area (Å²) in [5.41, 5.74) is 5.46. The molecule has 0 amide bonds. The van der Waals surface area contributed by atoms with Crippen LogP contribution in [0.4, 0.5) is 5.69 Å². The minimum Gasteiger partial charge on any atom is -0.468 e. The smallest absolute Gasteiger partial charge is 0.323 e. The fraction of sp³-hybridized carbons (Fsp3) is 0.333. The highest BCUT2D eigenvalue weighted by Gasteiger charge is 2.17. The SMILES string of the molecule is COC(=O)[C@@H](N)CSSc1ncccc1[N+](=O)[O-]. The van der Waals surface area contributed by atoms with Crippen molar-refractivity contribution in [2.45, 2.75) is 11.1 Å². The fourth-order valence-electron chi connectivity index (χ4n) is 0.968. The van der Waals surface area contributed by atoms with Crippen LogP contribution in [0.15, 0.2) is 23.4 Å². The molecule has 1 aromatic rings. The van der Waals surface area contributed by atoms with Crippen LogP contribution in [0.2, 0.25) is 0 Å². The maximum atomic E-state index is 11.0. The summed E-state index contributed by atoms with van der Waals surface area (Å²) in [5.74, 6) is -0.232. The Labute approximate surface area is 111 Å². The molecule has 7 nitrogen and oxygen atoms in total. The number of esters is 1. The number of carbonyl (C=O) groups is 1. The van der Waals surface area contributed by atoms with Gasteiger partial charge in [-0.2, -0.15) is 0 Å². The van der Waals surface area contributed by atoms with E-state index in [9.17, 15) is 14.9 Å². The number of nitrogens with two attached hydrogens (primary N) is 1. The van der Waals surface area contributed by atoms with Crippen LogP contribution in [0.1, 0.15) is 0 Å². The maximum absolute atomic E-state index is 11.0. The Morgan fingerprint density at radius 1 is 1.72 bits per heavy atom. The average molecular weight is 289 g/mol. The van der Waals surface area contributed by atoms with Crippen molar-refractivity contribution in [3.8, 4) is 0 Å². The highest BCUT2D eigenvalue weighted by molar-refractivity contribution is 8.76. The van der Waals surface area contributed by atoms with Crippen molar-refractivity contribution in [3.63, 3.8) is 0 Å². The average Bonchev–Trinajstić information content (AvgIpc) is 2.38. The number of hydrogen-bond acceptors (Lipinski definition) is 8. The summed E-state index contributed by atoms with van der Waals surface area (Å²) < 4.78 is 4.47. The van der Waals surface area contributed by atoms with Crippen LogP contribution in [0.5, 0.6) is 0 Å². The highest BCUT2D eigenvalue weighted by atomic mass is 33.1. The van der Waals surface area contributed by atoms with Gasteiger partial charge in [0.1, 0.15) is 6.04 Å². The van der Waals surface area contributed by atoms with Crippen LogP contribution in [-0.4, -0.2) is 34.8 Å². The van der Waals surface area contributed by atoms with Gasteiger partial charge in [-0.15, -0.1) is 0 Å². The number of rotatable bonds is 6. The molecule has 0 aromatic carbocycles. The number of pyridine rings is 1. The van der Waals surface area contributed by atoms with E-state index in [2.05, 4.69) is 9.72 Å². The summed E-state index contributed by atoms with van der Waals surface area (Å²) in [6.07, 6.45) is 1.47. The van der Waals surface area contributed by atoms with Gasteiger partial charge in [0.15, 0.2) is 5.03 Å². The Balaban J connectivity index is 2.54. The predicted octanol–water partition coefficient (Wildman–Crippen LogP) is 1.23. The first-order valence-electron chi connectivity index (χ1n) is 4.78. The molecule has 0 aliphatic carbocycles. The normalized spacial score (nSPS) is 11.9.